The zero-order chi connectivity index (χ0) is 24.6. The topological polar surface area (TPSA) is 105 Å². The van der Waals surface area contributed by atoms with Crippen LogP contribution in [0.25, 0.3) is 0 Å². The third kappa shape index (κ3) is 4.85. The van der Waals surface area contributed by atoms with Crippen LogP contribution in [0.3, 0.4) is 0 Å². The van der Waals surface area contributed by atoms with Gasteiger partial charge in [-0.15, -0.1) is 0 Å². The molecule has 2 amide bonds. The van der Waals surface area contributed by atoms with E-state index in [-0.39, 0.29) is 29.7 Å². The Morgan fingerprint density at radius 2 is 1.77 bits per heavy atom. The van der Waals surface area contributed by atoms with Crippen molar-refractivity contribution in [1.29, 1.82) is 0 Å². The molecule has 2 fully saturated rings. The number of carbonyl (C=O) groups excluding carboxylic acids is 2. The molecule has 5 rings (SSSR count). The van der Waals surface area contributed by atoms with Gasteiger partial charge in [0.1, 0.15) is 13.2 Å². The van der Waals surface area contributed by atoms with Crippen LogP contribution in [0.5, 0.6) is 11.5 Å². The third-order valence-corrected chi connectivity index (χ3v) is 8.59. The first-order chi connectivity index (χ1) is 16.8. The van der Waals surface area contributed by atoms with E-state index >= 15 is 0 Å². The van der Waals surface area contributed by atoms with Gasteiger partial charge in [0.2, 0.25) is 21.8 Å². The van der Waals surface area contributed by atoms with Crippen molar-refractivity contribution < 1.29 is 27.5 Å². The molecule has 0 aliphatic carbocycles. The number of fused-ring (bicyclic) bond motifs is 1. The number of ether oxygens (including phenoxy) is 2. The van der Waals surface area contributed by atoms with Gasteiger partial charge in [0.25, 0.3) is 0 Å². The molecule has 9 nitrogen and oxygen atoms in total. The van der Waals surface area contributed by atoms with Crippen LogP contribution in [-0.4, -0.2) is 57.4 Å². The maximum atomic E-state index is 13.0. The van der Waals surface area contributed by atoms with Gasteiger partial charge in [-0.05, 0) is 55.2 Å². The second kappa shape index (κ2) is 9.50. The lowest BCUT2D eigenvalue weighted by Gasteiger charge is -2.30. The molecule has 3 aliphatic rings. The van der Waals surface area contributed by atoms with Gasteiger partial charge in [0, 0.05) is 43.5 Å². The van der Waals surface area contributed by atoms with Gasteiger partial charge in [-0.1, -0.05) is 6.92 Å². The summed E-state index contributed by atoms with van der Waals surface area (Å²) in [5, 5.41) is 2.82. The lowest BCUT2D eigenvalue weighted by molar-refractivity contribution is -0.122. The molecular formula is C25H29N3O6S. The van der Waals surface area contributed by atoms with Crippen molar-refractivity contribution in [3.05, 3.63) is 42.5 Å². The zero-order valence-corrected chi connectivity index (χ0v) is 20.4. The molecule has 2 saturated heterocycles. The van der Waals surface area contributed by atoms with E-state index in [1.807, 2.05) is 0 Å². The van der Waals surface area contributed by atoms with Crippen molar-refractivity contribution in [3.63, 3.8) is 0 Å². The summed E-state index contributed by atoms with van der Waals surface area (Å²) in [7, 11) is -3.56. The molecule has 0 unspecified atom stereocenters. The number of hydrogen-bond donors (Lipinski definition) is 1. The van der Waals surface area contributed by atoms with Gasteiger partial charge >= 0.3 is 0 Å². The predicted molar refractivity (Wildman–Crippen MR) is 130 cm³/mol. The first-order valence-electron chi connectivity index (χ1n) is 11.9. The number of carbonyl (C=O) groups is 2. The Morgan fingerprint density at radius 3 is 2.51 bits per heavy atom. The van der Waals surface area contributed by atoms with Crippen LogP contribution >= 0.6 is 0 Å². The minimum atomic E-state index is -3.56. The van der Waals surface area contributed by atoms with Crippen LogP contribution in [0.2, 0.25) is 0 Å². The van der Waals surface area contributed by atoms with E-state index < -0.39 is 15.9 Å². The monoisotopic (exact) mass is 499 g/mol. The number of rotatable bonds is 5. The molecule has 3 heterocycles. The van der Waals surface area contributed by atoms with Crippen molar-refractivity contribution in [1.82, 2.24) is 4.31 Å². The van der Waals surface area contributed by atoms with Crippen LogP contribution in [0.15, 0.2) is 47.4 Å². The third-order valence-electron chi connectivity index (χ3n) is 6.71. The van der Waals surface area contributed by atoms with Crippen LogP contribution in [0, 0.1) is 11.8 Å². The minimum absolute atomic E-state index is 0.0971. The van der Waals surface area contributed by atoms with Gasteiger partial charge in [-0.2, -0.15) is 4.31 Å². The molecule has 10 heteroatoms. The Hall–Kier alpha value is -3.11. The Kier molecular flexibility index (Phi) is 6.41. The summed E-state index contributed by atoms with van der Waals surface area (Å²) in [6, 6.07) is 11.5. The van der Waals surface area contributed by atoms with Gasteiger partial charge in [0.05, 0.1) is 10.8 Å². The Balaban J connectivity index is 1.23. The number of sulfonamides is 1. The first-order valence-corrected chi connectivity index (χ1v) is 13.4. The lowest BCUT2D eigenvalue weighted by Crippen LogP contribution is -2.39. The van der Waals surface area contributed by atoms with E-state index in [4.69, 9.17) is 9.47 Å². The SMILES string of the molecule is C[C@H]1CCCN(S(=O)(=O)c2ccc(NC(=O)[C@H]3CC(=O)N(c4ccc5c(c4)OCCO5)C3)cc2)C1. The normalized spacial score (nSPS) is 22.8. The smallest absolute Gasteiger partial charge is 0.243 e. The largest absolute Gasteiger partial charge is 0.486 e. The number of amides is 2. The summed E-state index contributed by atoms with van der Waals surface area (Å²) in [5.41, 5.74) is 1.15. The number of piperidine rings is 1. The molecular weight excluding hydrogens is 470 g/mol. The summed E-state index contributed by atoms with van der Waals surface area (Å²) < 4.78 is 38.6. The van der Waals surface area contributed by atoms with E-state index in [1.54, 1.807) is 35.2 Å². The van der Waals surface area contributed by atoms with Crippen molar-refractivity contribution in [2.45, 2.75) is 31.1 Å². The fourth-order valence-electron chi connectivity index (χ4n) is 4.80. The average molecular weight is 500 g/mol. The van der Waals surface area contributed by atoms with E-state index in [0.29, 0.717) is 55.1 Å². The number of hydrogen-bond acceptors (Lipinski definition) is 6. The quantitative estimate of drug-likeness (QED) is 0.678. The molecule has 0 saturated carbocycles. The molecule has 35 heavy (non-hydrogen) atoms. The van der Waals surface area contributed by atoms with Crippen LogP contribution in [-0.2, 0) is 19.6 Å². The Bertz CT molecular complexity index is 1230. The number of benzene rings is 2. The van der Waals surface area contributed by atoms with Crippen LogP contribution in [0.4, 0.5) is 11.4 Å². The molecule has 2 atom stereocenters. The summed E-state index contributed by atoms with van der Waals surface area (Å²) in [4.78, 5) is 27.3. The Morgan fingerprint density at radius 1 is 1.03 bits per heavy atom. The zero-order valence-electron chi connectivity index (χ0n) is 19.6. The maximum Gasteiger partial charge on any atom is 0.243 e. The molecule has 0 spiro atoms. The number of nitrogens with zero attached hydrogens (tertiary/aromatic N) is 2. The van der Waals surface area contributed by atoms with Gasteiger partial charge in [-0.3, -0.25) is 9.59 Å². The summed E-state index contributed by atoms with van der Waals surface area (Å²) in [6.07, 6.45) is 1.99. The lowest BCUT2D eigenvalue weighted by atomic mass is 10.0. The minimum Gasteiger partial charge on any atom is -0.486 e. The van der Waals surface area contributed by atoms with Gasteiger partial charge in [0.15, 0.2) is 11.5 Å². The van der Waals surface area contributed by atoms with Crippen LogP contribution in [0.1, 0.15) is 26.2 Å². The predicted octanol–water partition coefficient (Wildman–Crippen LogP) is 2.87. The number of nitrogens with one attached hydrogen (secondary N) is 1. The molecule has 0 radical (unpaired) electrons. The maximum absolute atomic E-state index is 13.0. The fraction of sp³-hybridized carbons (Fsp3) is 0.440. The summed E-state index contributed by atoms with van der Waals surface area (Å²) in [6.45, 7) is 4.30. The second-order valence-electron chi connectivity index (χ2n) is 9.36. The fourth-order valence-corrected chi connectivity index (χ4v) is 6.40. The molecule has 0 bridgehead atoms. The summed E-state index contributed by atoms with van der Waals surface area (Å²) >= 11 is 0. The molecule has 2 aromatic rings. The summed E-state index contributed by atoms with van der Waals surface area (Å²) in [5.74, 6) is 0.629. The van der Waals surface area contributed by atoms with Crippen molar-refractivity contribution in [2.75, 3.05) is 43.1 Å². The van der Waals surface area contributed by atoms with E-state index in [1.165, 1.54) is 16.4 Å². The van der Waals surface area contributed by atoms with Crippen molar-refractivity contribution in [2.24, 2.45) is 11.8 Å². The standard InChI is InChI=1S/C25H29N3O6S/c1-17-3-2-10-27(15-17)35(31,32)21-7-4-19(5-8-21)26-25(30)18-13-24(29)28(16-18)20-6-9-22-23(14-20)34-12-11-33-22/h4-9,14,17-18H,2-3,10-13,15-16H2,1H3,(H,26,30)/t17-,18-/m0/s1. The van der Waals surface area contributed by atoms with E-state index in [0.717, 1.165) is 12.8 Å². The average Bonchev–Trinajstić information content (AvgIpc) is 3.26. The molecule has 2 aromatic carbocycles. The Labute approximate surface area is 205 Å². The highest BCUT2D eigenvalue weighted by Crippen LogP contribution is 2.36. The number of anilines is 2. The molecule has 1 N–H and O–H groups in total. The molecule has 186 valence electrons. The highest BCUT2D eigenvalue weighted by atomic mass is 32.2. The van der Waals surface area contributed by atoms with Gasteiger partial charge < -0.3 is 19.7 Å². The van der Waals surface area contributed by atoms with Crippen molar-refractivity contribution in [3.8, 4) is 11.5 Å². The highest BCUT2D eigenvalue weighted by molar-refractivity contribution is 7.89. The van der Waals surface area contributed by atoms with E-state index in [9.17, 15) is 18.0 Å². The second-order valence-corrected chi connectivity index (χ2v) is 11.3. The van der Waals surface area contributed by atoms with E-state index in [2.05, 4.69) is 12.2 Å². The van der Waals surface area contributed by atoms with Crippen LogP contribution < -0.4 is 19.7 Å². The highest BCUT2D eigenvalue weighted by Gasteiger charge is 2.36. The molecule has 0 aromatic heterocycles. The van der Waals surface area contributed by atoms with Crippen molar-refractivity contribution >= 4 is 33.2 Å². The van der Waals surface area contributed by atoms with Gasteiger partial charge in [-0.25, -0.2) is 8.42 Å². The first kappa shape index (κ1) is 23.6. The molecule has 3 aliphatic heterocycles.